The van der Waals surface area contributed by atoms with Crippen molar-refractivity contribution < 1.29 is 4.79 Å². The van der Waals surface area contributed by atoms with E-state index in [2.05, 4.69) is 24.3 Å². The predicted octanol–water partition coefficient (Wildman–Crippen LogP) is 2.69. The van der Waals surface area contributed by atoms with E-state index in [1.807, 2.05) is 24.3 Å². The average molecular weight is 272 g/mol. The van der Waals surface area contributed by atoms with E-state index in [0.29, 0.717) is 23.0 Å². The number of amides is 1. The van der Waals surface area contributed by atoms with E-state index in [0.717, 1.165) is 5.69 Å². The Morgan fingerprint density at radius 3 is 2.35 bits per heavy atom. The summed E-state index contributed by atoms with van der Waals surface area (Å²) in [6.45, 7) is 6.04. The Morgan fingerprint density at radius 2 is 1.90 bits per heavy atom. The van der Waals surface area contributed by atoms with Gasteiger partial charge in [-0.25, -0.2) is 0 Å². The molecule has 5 nitrogen and oxygen atoms in total. The van der Waals surface area contributed by atoms with Gasteiger partial charge in [0.1, 0.15) is 5.69 Å². The lowest BCUT2D eigenvalue weighted by Gasteiger charge is -2.09. The molecule has 20 heavy (non-hydrogen) atoms. The molecule has 0 aliphatic rings. The number of nitrogens with one attached hydrogen (secondary N) is 1. The molecular formula is C15H20N4O. The first-order valence-electron chi connectivity index (χ1n) is 6.60. The molecule has 1 amide bonds. The lowest BCUT2D eigenvalue weighted by molar-refractivity contribution is 0.101. The molecule has 0 saturated heterocycles. The van der Waals surface area contributed by atoms with Crippen molar-refractivity contribution in [3.05, 3.63) is 41.2 Å². The number of carbonyl (C=O) groups is 1. The van der Waals surface area contributed by atoms with E-state index in [-0.39, 0.29) is 5.91 Å². The lowest BCUT2D eigenvalue weighted by Crippen LogP contribution is -2.17. The van der Waals surface area contributed by atoms with Crippen molar-refractivity contribution in [1.29, 1.82) is 0 Å². The van der Waals surface area contributed by atoms with Crippen LogP contribution in [0.15, 0.2) is 24.3 Å². The smallest absolute Gasteiger partial charge is 0.276 e. The first-order chi connectivity index (χ1) is 9.40. The molecule has 0 bridgehead atoms. The number of hydrogen-bond acceptors (Lipinski definition) is 3. The van der Waals surface area contributed by atoms with Gasteiger partial charge in [-0.15, -0.1) is 0 Å². The van der Waals surface area contributed by atoms with E-state index in [1.54, 1.807) is 14.0 Å². The number of nitrogens with zero attached hydrogens (tertiary/aromatic N) is 2. The van der Waals surface area contributed by atoms with Gasteiger partial charge in [0, 0.05) is 12.7 Å². The second-order valence-electron chi connectivity index (χ2n) is 5.20. The van der Waals surface area contributed by atoms with Crippen molar-refractivity contribution in [2.24, 2.45) is 7.05 Å². The predicted molar refractivity (Wildman–Crippen MR) is 80.8 cm³/mol. The monoisotopic (exact) mass is 272 g/mol. The summed E-state index contributed by atoms with van der Waals surface area (Å²) >= 11 is 0. The summed E-state index contributed by atoms with van der Waals surface area (Å²) in [6.07, 6.45) is 0. The van der Waals surface area contributed by atoms with Crippen LogP contribution in [0.4, 0.5) is 11.4 Å². The van der Waals surface area contributed by atoms with Gasteiger partial charge in [-0.2, -0.15) is 5.10 Å². The average Bonchev–Trinajstić information content (AvgIpc) is 2.63. The highest BCUT2D eigenvalue weighted by atomic mass is 16.2. The summed E-state index contributed by atoms with van der Waals surface area (Å²) in [5.41, 5.74) is 9.33. The maximum absolute atomic E-state index is 12.2. The zero-order valence-electron chi connectivity index (χ0n) is 12.3. The van der Waals surface area contributed by atoms with Gasteiger partial charge in [0.2, 0.25) is 0 Å². The van der Waals surface area contributed by atoms with Crippen molar-refractivity contribution in [3.8, 4) is 0 Å². The maximum atomic E-state index is 12.2. The number of aryl methyl sites for hydroxylation is 2. The standard InChI is InChI=1S/C15H20N4O/c1-9(2)11-5-7-12(8-6-11)17-15(20)14-13(16)10(3)18-19(14)4/h5-9H,16H2,1-4H3,(H,17,20). The van der Waals surface area contributed by atoms with Crippen LogP contribution in [0, 0.1) is 6.92 Å². The second kappa shape index (κ2) is 5.36. The third kappa shape index (κ3) is 2.66. The van der Waals surface area contributed by atoms with Crippen LogP contribution in [0.25, 0.3) is 0 Å². The zero-order valence-corrected chi connectivity index (χ0v) is 12.3. The molecule has 1 heterocycles. The molecule has 0 atom stereocenters. The summed E-state index contributed by atoms with van der Waals surface area (Å²) in [5, 5.41) is 6.98. The highest BCUT2D eigenvalue weighted by molar-refractivity contribution is 6.06. The molecule has 0 aliphatic heterocycles. The van der Waals surface area contributed by atoms with Gasteiger partial charge in [-0.1, -0.05) is 26.0 Å². The lowest BCUT2D eigenvalue weighted by atomic mass is 10.0. The minimum Gasteiger partial charge on any atom is -0.395 e. The van der Waals surface area contributed by atoms with Crippen LogP contribution in [0.2, 0.25) is 0 Å². The molecule has 0 radical (unpaired) electrons. The van der Waals surface area contributed by atoms with Crippen molar-refractivity contribution in [2.45, 2.75) is 26.7 Å². The Bertz CT molecular complexity index is 626. The van der Waals surface area contributed by atoms with Crippen LogP contribution in [-0.4, -0.2) is 15.7 Å². The number of aromatic nitrogens is 2. The van der Waals surface area contributed by atoms with Gasteiger partial charge in [0.05, 0.1) is 11.4 Å². The number of hydrogen-bond donors (Lipinski definition) is 2. The number of anilines is 2. The van der Waals surface area contributed by atoms with Gasteiger partial charge in [0.15, 0.2) is 0 Å². The molecule has 0 unspecified atom stereocenters. The number of rotatable bonds is 3. The first kappa shape index (κ1) is 14.1. The van der Waals surface area contributed by atoms with Crippen LogP contribution >= 0.6 is 0 Å². The summed E-state index contributed by atoms with van der Waals surface area (Å²) < 4.78 is 1.50. The van der Waals surface area contributed by atoms with Crippen LogP contribution in [0.5, 0.6) is 0 Å². The Kier molecular flexibility index (Phi) is 3.79. The molecule has 0 spiro atoms. The normalized spacial score (nSPS) is 10.8. The Labute approximate surface area is 118 Å². The summed E-state index contributed by atoms with van der Waals surface area (Å²) in [4.78, 5) is 12.2. The van der Waals surface area contributed by atoms with Gasteiger partial charge in [-0.3, -0.25) is 9.48 Å². The molecule has 0 saturated carbocycles. The maximum Gasteiger partial charge on any atom is 0.276 e. The van der Waals surface area contributed by atoms with Gasteiger partial charge < -0.3 is 11.1 Å². The van der Waals surface area contributed by atoms with Gasteiger partial charge in [0.25, 0.3) is 5.91 Å². The van der Waals surface area contributed by atoms with Crippen LogP contribution < -0.4 is 11.1 Å². The summed E-state index contributed by atoms with van der Waals surface area (Å²) in [6, 6.07) is 7.82. The molecule has 1 aromatic carbocycles. The van der Waals surface area contributed by atoms with E-state index in [9.17, 15) is 4.79 Å². The van der Waals surface area contributed by atoms with Gasteiger partial charge in [-0.05, 0) is 30.5 Å². The molecule has 0 fully saturated rings. The second-order valence-corrected chi connectivity index (χ2v) is 5.20. The van der Waals surface area contributed by atoms with Crippen molar-refractivity contribution in [3.63, 3.8) is 0 Å². The molecule has 2 aromatic rings. The highest BCUT2D eigenvalue weighted by Crippen LogP contribution is 2.20. The van der Waals surface area contributed by atoms with Crippen LogP contribution in [-0.2, 0) is 7.05 Å². The van der Waals surface area contributed by atoms with E-state index >= 15 is 0 Å². The fraction of sp³-hybridized carbons (Fsp3) is 0.333. The first-order valence-corrected chi connectivity index (χ1v) is 6.60. The third-order valence-corrected chi connectivity index (χ3v) is 3.32. The van der Waals surface area contributed by atoms with Crippen LogP contribution in [0.3, 0.4) is 0 Å². The molecule has 5 heteroatoms. The van der Waals surface area contributed by atoms with E-state index in [4.69, 9.17) is 5.73 Å². The van der Waals surface area contributed by atoms with Crippen molar-refractivity contribution >= 4 is 17.3 Å². The fourth-order valence-electron chi connectivity index (χ4n) is 2.09. The van der Waals surface area contributed by atoms with Crippen molar-refractivity contribution in [1.82, 2.24) is 9.78 Å². The molecular weight excluding hydrogens is 252 g/mol. The summed E-state index contributed by atoms with van der Waals surface area (Å²) in [7, 11) is 1.71. The Morgan fingerprint density at radius 1 is 1.30 bits per heavy atom. The molecule has 3 N–H and O–H groups in total. The number of nitrogen functional groups attached to an aromatic ring is 1. The topological polar surface area (TPSA) is 72.9 Å². The molecule has 106 valence electrons. The van der Waals surface area contributed by atoms with Crippen molar-refractivity contribution in [2.75, 3.05) is 11.1 Å². The number of nitrogens with two attached hydrogens (primary N) is 1. The van der Waals surface area contributed by atoms with E-state index in [1.165, 1.54) is 10.2 Å². The number of carbonyl (C=O) groups excluding carboxylic acids is 1. The SMILES string of the molecule is Cc1nn(C)c(C(=O)Nc2ccc(C(C)C)cc2)c1N. The summed E-state index contributed by atoms with van der Waals surface area (Å²) in [5.74, 6) is 0.220. The van der Waals surface area contributed by atoms with E-state index < -0.39 is 0 Å². The zero-order chi connectivity index (χ0) is 14.9. The largest absolute Gasteiger partial charge is 0.395 e. The molecule has 1 aromatic heterocycles. The Balaban J connectivity index is 2.19. The fourth-order valence-corrected chi connectivity index (χ4v) is 2.09. The molecule has 2 rings (SSSR count). The van der Waals surface area contributed by atoms with Crippen LogP contribution in [0.1, 0.15) is 41.5 Å². The minimum absolute atomic E-state index is 0.247. The Hall–Kier alpha value is -2.30. The quantitative estimate of drug-likeness (QED) is 0.902. The minimum atomic E-state index is -0.247. The third-order valence-electron chi connectivity index (χ3n) is 3.32. The molecule has 0 aliphatic carbocycles. The number of benzene rings is 1. The highest BCUT2D eigenvalue weighted by Gasteiger charge is 2.17. The van der Waals surface area contributed by atoms with Gasteiger partial charge >= 0.3 is 0 Å².